The Kier molecular flexibility index (Phi) is 5.14. The minimum absolute atomic E-state index is 0.233. The highest BCUT2D eigenvalue weighted by Crippen LogP contribution is 2.28. The number of nitrogens with two attached hydrogens (primary N) is 1. The van der Waals surface area contributed by atoms with Crippen molar-refractivity contribution in [1.29, 1.82) is 0 Å². The van der Waals surface area contributed by atoms with Crippen molar-refractivity contribution in [3.63, 3.8) is 0 Å². The van der Waals surface area contributed by atoms with Gasteiger partial charge >= 0.3 is 0 Å². The number of thioether (sulfide) groups is 1. The SMILES string of the molecule is CC(CO)CSC(CN)c1cnn(C)c1. The Balaban J connectivity index is 2.49. The van der Waals surface area contributed by atoms with Crippen molar-refractivity contribution in [2.45, 2.75) is 12.2 Å². The lowest BCUT2D eigenvalue weighted by atomic mass is 10.2. The minimum atomic E-state index is 0.233. The van der Waals surface area contributed by atoms with Gasteiger partial charge in [0.25, 0.3) is 0 Å². The molecular formula is C10H19N3OS. The molecular weight excluding hydrogens is 210 g/mol. The average molecular weight is 229 g/mol. The second kappa shape index (κ2) is 6.15. The van der Waals surface area contributed by atoms with E-state index in [2.05, 4.69) is 5.10 Å². The molecule has 0 bridgehead atoms. The first-order valence-corrected chi connectivity index (χ1v) is 6.13. The van der Waals surface area contributed by atoms with Crippen molar-refractivity contribution >= 4 is 11.8 Å². The largest absolute Gasteiger partial charge is 0.396 e. The van der Waals surface area contributed by atoms with Gasteiger partial charge in [-0.15, -0.1) is 0 Å². The Morgan fingerprint density at radius 2 is 2.40 bits per heavy atom. The fourth-order valence-corrected chi connectivity index (χ4v) is 2.36. The van der Waals surface area contributed by atoms with E-state index in [0.717, 1.165) is 11.3 Å². The Bertz CT molecular complexity index is 290. The maximum Gasteiger partial charge on any atom is 0.0533 e. The first-order chi connectivity index (χ1) is 7.17. The molecule has 0 radical (unpaired) electrons. The molecule has 0 aliphatic heterocycles. The number of aliphatic hydroxyl groups is 1. The van der Waals surface area contributed by atoms with Crippen LogP contribution in [0.2, 0.25) is 0 Å². The molecule has 0 aliphatic rings. The van der Waals surface area contributed by atoms with Crippen molar-refractivity contribution in [3.05, 3.63) is 18.0 Å². The predicted octanol–water partition coefficient (Wildman–Crippen LogP) is 0.781. The van der Waals surface area contributed by atoms with Crippen molar-refractivity contribution < 1.29 is 5.11 Å². The van der Waals surface area contributed by atoms with Gasteiger partial charge in [-0.1, -0.05) is 6.92 Å². The first-order valence-electron chi connectivity index (χ1n) is 5.08. The summed E-state index contributed by atoms with van der Waals surface area (Å²) in [6.07, 6.45) is 3.85. The summed E-state index contributed by atoms with van der Waals surface area (Å²) in [4.78, 5) is 0. The summed E-state index contributed by atoms with van der Waals surface area (Å²) < 4.78 is 1.79. The predicted molar refractivity (Wildman–Crippen MR) is 63.7 cm³/mol. The zero-order valence-electron chi connectivity index (χ0n) is 9.26. The standard InChI is InChI=1S/C10H19N3OS/c1-8(6-14)7-15-10(3-11)9-4-12-13(2)5-9/h4-5,8,10,14H,3,6-7,11H2,1-2H3. The molecule has 1 heterocycles. The van der Waals surface area contributed by atoms with E-state index in [0.29, 0.717) is 12.5 Å². The van der Waals surface area contributed by atoms with Gasteiger partial charge in [-0.3, -0.25) is 4.68 Å². The summed E-state index contributed by atoms with van der Waals surface area (Å²) in [6, 6.07) is 0. The zero-order chi connectivity index (χ0) is 11.3. The molecule has 0 spiro atoms. The summed E-state index contributed by atoms with van der Waals surface area (Å²) in [7, 11) is 1.90. The van der Waals surface area contributed by atoms with Crippen LogP contribution >= 0.6 is 11.8 Å². The number of nitrogens with zero attached hydrogens (tertiary/aromatic N) is 2. The molecule has 0 fully saturated rings. The maximum absolute atomic E-state index is 8.93. The fourth-order valence-electron chi connectivity index (χ4n) is 1.24. The summed E-state index contributed by atoms with van der Waals surface area (Å²) in [5.41, 5.74) is 6.88. The number of aromatic nitrogens is 2. The smallest absolute Gasteiger partial charge is 0.0533 e. The van der Waals surface area contributed by atoms with Crippen molar-refractivity contribution in [2.75, 3.05) is 18.9 Å². The molecule has 0 saturated carbocycles. The van der Waals surface area contributed by atoms with E-state index in [9.17, 15) is 0 Å². The molecule has 2 unspecified atom stereocenters. The van der Waals surface area contributed by atoms with E-state index in [1.54, 1.807) is 16.4 Å². The van der Waals surface area contributed by atoms with Crippen LogP contribution in [0.15, 0.2) is 12.4 Å². The van der Waals surface area contributed by atoms with Crippen molar-refractivity contribution in [3.8, 4) is 0 Å². The molecule has 0 aliphatic carbocycles. The third-order valence-corrected chi connectivity index (χ3v) is 3.83. The van der Waals surface area contributed by atoms with Crippen LogP contribution in [0.3, 0.4) is 0 Å². The first kappa shape index (κ1) is 12.5. The van der Waals surface area contributed by atoms with Gasteiger partial charge in [0.2, 0.25) is 0 Å². The number of aliphatic hydroxyl groups excluding tert-OH is 1. The van der Waals surface area contributed by atoms with Gasteiger partial charge in [0, 0.05) is 37.2 Å². The van der Waals surface area contributed by atoms with E-state index < -0.39 is 0 Å². The highest BCUT2D eigenvalue weighted by molar-refractivity contribution is 7.99. The monoisotopic (exact) mass is 229 g/mol. The topological polar surface area (TPSA) is 64.1 Å². The van der Waals surface area contributed by atoms with Gasteiger partial charge in [-0.2, -0.15) is 16.9 Å². The number of rotatable bonds is 6. The van der Waals surface area contributed by atoms with Gasteiger partial charge < -0.3 is 10.8 Å². The van der Waals surface area contributed by atoms with Gasteiger partial charge in [-0.25, -0.2) is 0 Å². The molecule has 2 atom stereocenters. The molecule has 86 valence electrons. The van der Waals surface area contributed by atoms with Crippen LogP contribution in [-0.2, 0) is 7.05 Å². The van der Waals surface area contributed by atoms with E-state index >= 15 is 0 Å². The second-order valence-electron chi connectivity index (χ2n) is 3.79. The summed E-state index contributed by atoms with van der Waals surface area (Å²) >= 11 is 1.78. The highest BCUT2D eigenvalue weighted by atomic mass is 32.2. The van der Waals surface area contributed by atoms with Crippen LogP contribution in [0, 0.1) is 5.92 Å². The van der Waals surface area contributed by atoms with E-state index in [4.69, 9.17) is 10.8 Å². The molecule has 15 heavy (non-hydrogen) atoms. The van der Waals surface area contributed by atoms with Crippen LogP contribution in [0.25, 0.3) is 0 Å². The van der Waals surface area contributed by atoms with Crippen molar-refractivity contribution in [2.24, 2.45) is 18.7 Å². The Hall–Kier alpha value is -0.520. The molecule has 5 heteroatoms. The molecule has 4 nitrogen and oxygen atoms in total. The Morgan fingerprint density at radius 3 is 2.87 bits per heavy atom. The lowest BCUT2D eigenvalue weighted by Crippen LogP contribution is -2.12. The van der Waals surface area contributed by atoms with Crippen LogP contribution < -0.4 is 5.73 Å². The zero-order valence-corrected chi connectivity index (χ0v) is 10.1. The summed E-state index contributed by atoms with van der Waals surface area (Å²) in [5.74, 6) is 1.24. The third kappa shape index (κ3) is 3.85. The second-order valence-corrected chi connectivity index (χ2v) is 5.03. The molecule has 1 aromatic rings. The Morgan fingerprint density at radius 1 is 1.67 bits per heavy atom. The molecule has 1 rings (SSSR count). The van der Waals surface area contributed by atoms with Gasteiger partial charge in [0.05, 0.1) is 6.20 Å². The molecule has 0 amide bonds. The van der Waals surface area contributed by atoms with Crippen LogP contribution in [-0.4, -0.2) is 33.8 Å². The number of hydrogen-bond donors (Lipinski definition) is 2. The normalized spacial score (nSPS) is 15.2. The fraction of sp³-hybridized carbons (Fsp3) is 0.700. The van der Waals surface area contributed by atoms with Crippen LogP contribution in [0.4, 0.5) is 0 Å². The van der Waals surface area contributed by atoms with Crippen LogP contribution in [0.5, 0.6) is 0 Å². The lowest BCUT2D eigenvalue weighted by molar-refractivity contribution is 0.250. The van der Waals surface area contributed by atoms with Gasteiger partial charge in [0.15, 0.2) is 0 Å². The van der Waals surface area contributed by atoms with E-state index in [-0.39, 0.29) is 11.9 Å². The van der Waals surface area contributed by atoms with E-state index in [1.165, 1.54) is 0 Å². The minimum Gasteiger partial charge on any atom is -0.396 e. The highest BCUT2D eigenvalue weighted by Gasteiger charge is 2.13. The summed E-state index contributed by atoms with van der Waals surface area (Å²) in [6.45, 7) is 2.87. The maximum atomic E-state index is 8.93. The average Bonchev–Trinajstić information content (AvgIpc) is 2.65. The quantitative estimate of drug-likeness (QED) is 0.756. The molecule has 3 N–H and O–H groups in total. The number of hydrogen-bond acceptors (Lipinski definition) is 4. The van der Waals surface area contributed by atoms with Crippen LogP contribution in [0.1, 0.15) is 17.7 Å². The van der Waals surface area contributed by atoms with E-state index in [1.807, 2.05) is 26.4 Å². The molecule has 0 saturated heterocycles. The third-order valence-electron chi connectivity index (χ3n) is 2.20. The number of aryl methyl sites for hydroxylation is 1. The molecule has 0 aromatic carbocycles. The summed E-state index contributed by atoms with van der Waals surface area (Å²) in [5, 5.41) is 13.4. The Labute approximate surface area is 94.9 Å². The lowest BCUT2D eigenvalue weighted by Gasteiger charge is -2.14. The van der Waals surface area contributed by atoms with Crippen molar-refractivity contribution in [1.82, 2.24) is 9.78 Å². The van der Waals surface area contributed by atoms with Gasteiger partial charge in [0.1, 0.15) is 0 Å². The molecule has 1 aromatic heterocycles. The van der Waals surface area contributed by atoms with Gasteiger partial charge in [-0.05, 0) is 11.7 Å².